The summed E-state index contributed by atoms with van der Waals surface area (Å²) in [5.41, 5.74) is 7.99. The molecule has 1 rings (SSSR count). The molecule has 0 aliphatic carbocycles. The molecule has 0 spiro atoms. The fourth-order valence-corrected chi connectivity index (χ4v) is 1.70. The predicted molar refractivity (Wildman–Crippen MR) is 65.0 cm³/mol. The molecule has 0 bridgehead atoms. The van der Waals surface area contributed by atoms with Gasteiger partial charge in [-0.2, -0.15) is 0 Å². The minimum absolute atomic E-state index is 0.0216. The lowest BCUT2D eigenvalue weighted by Gasteiger charge is -2.32. The van der Waals surface area contributed by atoms with E-state index in [1.807, 2.05) is 19.2 Å². The van der Waals surface area contributed by atoms with Crippen molar-refractivity contribution in [2.75, 3.05) is 11.9 Å². The summed E-state index contributed by atoms with van der Waals surface area (Å²) < 4.78 is 0. The van der Waals surface area contributed by atoms with Gasteiger partial charge in [-0.1, -0.05) is 13.8 Å². The zero-order valence-electron chi connectivity index (χ0n) is 9.88. The normalized spacial score (nSPS) is 11.5. The Kier molecular flexibility index (Phi) is 4.09. The maximum absolute atomic E-state index is 5.84. The van der Waals surface area contributed by atoms with Crippen LogP contribution in [0.3, 0.4) is 0 Å². The SMILES string of the molecule is CCC(CC)(CN)Nc1ccnc(C)c1. The highest BCUT2D eigenvalue weighted by Gasteiger charge is 2.23. The summed E-state index contributed by atoms with van der Waals surface area (Å²) in [7, 11) is 0. The smallest absolute Gasteiger partial charge is 0.0490 e. The molecule has 1 aromatic heterocycles. The van der Waals surface area contributed by atoms with Crippen LogP contribution < -0.4 is 11.1 Å². The Morgan fingerprint density at radius 3 is 2.53 bits per heavy atom. The average molecular weight is 207 g/mol. The Morgan fingerprint density at radius 1 is 1.40 bits per heavy atom. The largest absolute Gasteiger partial charge is 0.378 e. The summed E-state index contributed by atoms with van der Waals surface area (Å²) in [5.74, 6) is 0. The van der Waals surface area contributed by atoms with Gasteiger partial charge in [-0.3, -0.25) is 4.98 Å². The van der Waals surface area contributed by atoms with E-state index < -0.39 is 0 Å². The van der Waals surface area contributed by atoms with E-state index >= 15 is 0 Å². The van der Waals surface area contributed by atoms with Crippen molar-refractivity contribution in [2.45, 2.75) is 39.2 Å². The first-order valence-electron chi connectivity index (χ1n) is 5.56. The van der Waals surface area contributed by atoms with Crippen molar-refractivity contribution in [2.24, 2.45) is 5.73 Å². The van der Waals surface area contributed by atoms with Crippen molar-refractivity contribution in [3.63, 3.8) is 0 Å². The Hall–Kier alpha value is -1.09. The van der Waals surface area contributed by atoms with Gasteiger partial charge in [0.1, 0.15) is 0 Å². The maximum atomic E-state index is 5.84. The van der Waals surface area contributed by atoms with E-state index in [1.165, 1.54) is 0 Å². The third-order valence-corrected chi connectivity index (χ3v) is 3.05. The van der Waals surface area contributed by atoms with Crippen molar-refractivity contribution in [1.82, 2.24) is 4.98 Å². The Morgan fingerprint density at radius 2 is 2.07 bits per heavy atom. The Balaban J connectivity index is 2.82. The fraction of sp³-hybridized carbons (Fsp3) is 0.583. The molecule has 1 aromatic rings. The van der Waals surface area contributed by atoms with E-state index in [0.717, 1.165) is 24.2 Å². The topological polar surface area (TPSA) is 50.9 Å². The van der Waals surface area contributed by atoms with Crippen LogP contribution in [-0.4, -0.2) is 17.1 Å². The molecule has 0 aliphatic heterocycles. The van der Waals surface area contributed by atoms with E-state index in [1.54, 1.807) is 0 Å². The van der Waals surface area contributed by atoms with E-state index in [-0.39, 0.29) is 5.54 Å². The maximum Gasteiger partial charge on any atom is 0.0490 e. The Labute approximate surface area is 92.1 Å². The van der Waals surface area contributed by atoms with Crippen LogP contribution in [0.25, 0.3) is 0 Å². The van der Waals surface area contributed by atoms with Crippen LogP contribution in [0, 0.1) is 6.92 Å². The first-order valence-corrected chi connectivity index (χ1v) is 5.56. The molecule has 0 atom stereocenters. The summed E-state index contributed by atoms with van der Waals surface area (Å²) in [4.78, 5) is 4.18. The molecule has 0 radical (unpaired) electrons. The molecule has 15 heavy (non-hydrogen) atoms. The molecule has 3 nitrogen and oxygen atoms in total. The molecule has 0 unspecified atom stereocenters. The van der Waals surface area contributed by atoms with Crippen molar-refractivity contribution in [1.29, 1.82) is 0 Å². The summed E-state index contributed by atoms with van der Waals surface area (Å²) in [6.45, 7) is 6.98. The summed E-state index contributed by atoms with van der Waals surface area (Å²) in [6.07, 6.45) is 3.88. The second-order valence-corrected chi connectivity index (χ2v) is 4.00. The van der Waals surface area contributed by atoms with Gasteiger partial charge in [-0.25, -0.2) is 0 Å². The van der Waals surface area contributed by atoms with Gasteiger partial charge in [0.15, 0.2) is 0 Å². The first-order chi connectivity index (χ1) is 7.15. The molecule has 0 amide bonds. The molecular formula is C12H21N3. The quantitative estimate of drug-likeness (QED) is 0.779. The van der Waals surface area contributed by atoms with E-state index in [2.05, 4.69) is 30.2 Å². The van der Waals surface area contributed by atoms with E-state index in [4.69, 9.17) is 5.73 Å². The first kappa shape index (κ1) is 12.0. The van der Waals surface area contributed by atoms with Crippen LogP contribution in [0.1, 0.15) is 32.4 Å². The molecule has 1 heterocycles. The third-order valence-electron chi connectivity index (χ3n) is 3.05. The van der Waals surface area contributed by atoms with Gasteiger partial charge in [0.2, 0.25) is 0 Å². The highest BCUT2D eigenvalue weighted by atomic mass is 15.0. The second kappa shape index (κ2) is 5.12. The fourth-order valence-electron chi connectivity index (χ4n) is 1.70. The summed E-state index contributed by atoms with van der Waals surface area (Å²) in [6, 6.07) is 4.04. The molecule has 3 N–H and O–H groups in total. The van der Waals surface area contributed by atoms with Crippen molar-refractivity contribution >= 4 is 5.69 Å². The van der Waals surface area contributed by atoms with Gasteiger partial charge in [-0.05, 0) is 31.9 Å². The van der Waals surface area contributed by atoms with Crippen molar-refractivity contribution in [3.05, 3.63) is 24.0 Å². The minimum atomic E-state index is 0.0216. The van der Waals surface area contributed by atoms with E-state index in [0.29, 0.717) is 6.54 Å². The molecule has 0 saturated heterocycles. The number of pyridine rings is 1. The predicted octanol–water partition coefficient (Wildman–Crippen LogP) is 2.32. The van der Waals surface area contributed by atoms with E-state index in [9.17, 15) is 0 Å². The summed E-state index contributed by atoms with van der Waals surface area (Å²) >= 11 is 0. The molecule has 0 aliphatic rings. The average Bonchev–Trinajstić information content (AvgIpc) is 2.26. The van der Waals surface area contributed by atoms with Gasteiger partial charge >= 0.3 is 0 Å². The number of nitrogens with two attached hydrogens (primary N) is 1. The lowest BCUT2D eigenvalue weighted by atomic mass is 9.92. The monoisotopic (exact) mass is 207 g/mol. The Bertz CT molecular complexity index is 297. The zero-order chi connectivity index (χ0) is 11.3. The molecular weight excluding hydrogens is 186 g/mol. The van der Waals surface area contributed by atoms with Gasteiger partial charge in [0.05, 0.1) is 0 Å². The van der Waals surface area contributed by atoms with Crippen LogP contribution in [-0.2, 0) is 0 Å². The second-order valence-electron chi connectivity index (χ2n) is 4.00. The number of rotatable bonds is 5. The number of aryl methyl sites for hydroxylation is 1. The summed E-state index contributed by atoms with van der Waals surface area (Å²) in [5, 5.41) is 3.52. The molecule has 0 saturated carbocycles. The lowest BCUT2D eigenvalue weighted by Crippen LogP contribution is -2.44. The van der Waals surface area contributed by atoms with Crippen LogP contribution in [0.15, 0.2) is 18.3 Å². The molecule has 0 aromatic carbocycles. The third kappa shape index (κ3) is 2.93. The van der Waals surface area contributed by atoms with Crippen LogP contribution in [0.2, 0.25) is 0 Å². The minimum Gasteiger partial charge on any atom is -0.378 e. The van der Waals surface area contributed by atoms with Gasteiger partial charge in [0, 0.05) is 29.7 Å². The number of anilines is 1. The van der Waals surface area contributed by atoms with Crippen LogP contribution in [0.4, 0.5) is 5.69 Å². The van der Waals surface area contributed by atoms with Gasteiger partial charge < -0.3 is 11.1 Å². The standard InChI is InChI=1S/C12H21N3/c1-4-12(5-2,9-13)15-11-6-7-14-10(3)8-11/h6-8H,4-5,9,13H2,1-3H3,(H,14,15). The number of nitrogens with one attached hydrogen (secondary N) is 1. The van der Waals surface area contributed by atoms with Crippen molar-refractivity contribution < 1.29 is 0 Å². The highest BCUT2D eigenvalue weighted by molar-refractivity contribution is 5.45. The number of hydrogen-bond acceptors (Lipinski definition) is 3. The van der Waals surface area contributed by atoms with Crippen LogP contribution in [0.5, 0.6) is 0 Å². The zero-order valence-corrected chi connectivity index (χ0v) is 9.88. The molecule has 3 heteroatoms. The molecule has 0 fully saturated rings. The number of hydrogen-bond donors (Lipinski definition) is 2. The number of nitrogens with zero attached hydrogens (tertiary/aromatic N) is 1. The van der Waals surface area contributed by atoms with Crippen molar-refractivity contribution in [3.8, 4) is 0 Å². The van der Waals surface area contributed by atoms with Crippen LogP contribution >= 0.6 is 0 Å². The van der Waals surface area contributed by atoms with Gasteiger partial charge in [-0.15, -0.1) is 0 Å². The number of aromatic nitrogens is 1. The van der Waals surface area contributed by atoms with Gasteiger partial charge in [0.25, 0.3) is 0 Å². The highest BCUT2D eigenvalue weighted by Crippen LogP contribution is 2.21. The lowest BCUT2D eigenvalue weighted by molar-refractivity contribution is 0.445. The molecule has 84 valence electrons.